The van der Waals surface area contributed by atoms with Crippen molar-refractivity contribution in [2.75, 3.05) is 0 Å². The first-order valence-electron chi connectivity index (χ1n) is 6.81. The van der Waals surface area contributed by atoms with Gasteiger partial charge < -0.3 is 15.3 Å². The van der Waals surface area contributed by atoms with Crippen LogP contribution < -0.4 is 11.0 Å². The number of rotatable bonds is 4. The first kappa shape index (κ1) is 13.6. The molecule has 0 unspecified atom stereocenters. The highest BCUT2D eigenvalue weighted by molar-refractivity contribution is 5.75. The summed E-state index contributed by atoms with van der Waals surface area (Å²) >= 11 is 0. The highest BCUT2D eigenvalue weighted by Crippen LogP contribution is 2.17. The Morgan fingerprint density at radius 3 is 2.57 bits per heavy atom. The van der Waals surface area contributed by atoms with Gasteiger partial charge in [-0.15, -0.1) is 0 Å². The molecule has 1 atom stereocenters. The molecule has 3 rings (SSSR count). The summed E-state index contributed by atoms with van der Waals surface area (Å²) in [5.74, 6) is -0.228. The Morgan fingerprint density at radius 1 is 1.10 bits per heavy atom. The van der Waals surface area contributed by atoms with Crippen LogP contribution in [-0.2, 0) is 6.54 Å². The lowest BCUT2D eigenvalue weighted by molar-refractivity contribution is 0.573. The van der Waals surface area contributed by atoms with Crippen LogP contribution in [0.3, 0.4) is 0 Å². The van der Waals surface area contributed by atoms with Gasteiger partial charge in [0.2, 0.25) is 0 Å². The van der Waals surface area contributed by atoms with Gasteiger partial charge in [-0.05, 0) is 42.3 Å². The van der Waals surface area contributed by atoms with Crippen LogP contribution in [0.5, 0.6) is 0 Å². The number of hydrogen-bond donors (Lipinski definition) is 3. The van der Waals surface area contributed by atoms with Crippen molar-refractivity contribution in [2.24, 2.45) is 0 Å². The number of halogens is 1. The molecule has 3 N–H and O–H groups in total. The number of aromatic amines is 2. The van der Waals surface area contributed by atoms with E-state index in [0.29, 0.717) is 6.54 Å². The van der Waals surface area contributed by atoms with Gasteiger partial charge in [0.25, 0.3) is 0 Å². The fourth-order valence-corrected chi connectivity index (χ4v) is 2.31. The van der Waals surface area contributed by atoms with Crippen molar-refractivity contribution in [1.29, 1.82) is 0 Å². The normalized spacial score (nSPS) is 12.7. The number of hydrogen-bond acceptors (Lipinski definition) is 2. The van der Waals surface area contributed by atoms with Gasteiger partial charge in [0.1, 0.15) is 5.82 Å². The summed E-state index contributed by atoms with van der Waals surface area (Å²) in [6.45, 7) is 2.71. The standard InChI is InChI=1S/C16H16FN3O/c1-10(18-9-11-2-5-13(17)6-3-11)12-4-7-14-15(8-12)20-16(21)19-14/h2-8,10,18H,9H2,1H3,(H2,19,20,21)/t10-/m1/s1. The van der Waals surface area contributed by atoms with Gasteiger partial charge in [0.05, 0.1) is 11.0 Å². The van der Waals surface area contributed by atoms with E-state index < -0.39 is 0 Å². The minimum absolute atomic E-state index is 0.123. The molecule has 0 spiro atoms. The Kier molecular flexibility index (Phi) is 3.58. The van der Waals surface area contributed by atoms with Crippen molar-refractivity contribution in [2.45, 2.75) is 19.5 Å². The highest BCUT2D eigenvalue weighted by Gasteiger charge is 2.07. The average molecular weight is 285 g/mol. The fourth-order valence-electron chi connectivity index (χ4n) is 2.31. The second-order valence-electron chi connectivity index (χ2n) is 5.11. The number of H-pyrrole nitrogens is 2. The molecule has 0 saturated heterocycles. The van der Waals surface area contributed by atoms with Gasteiger partial charge in [0.15, 0.2) is 0 Å². The van der Waals surface area contributed by atoms with Crippen molar-refractivity contribution >= 4 is 11.0 Å². The third-order valence-corrected chi connectivity index (χ3v) is 3.57. The third-order valence-electron chi connectivity index (χ3n) is 3.57. The summed E-state index contributed by atoms with van der Waals surface area (Å²) in [5, 5.41) is 3.38. The number of fused-ring (bicyclic) bond motifs is 1. The zero-order chi connectivity index (χ0) is 14.8. The van der Waals surface area contributed by atoms with Gasteiger partial charge in [-0.25, -0.2) is 9.18 Å². The second-order valence-corrected chi connectivity index (χ2v) is 5.11. The lowest BCUT2D eigenvalue weighted by atomic mass is 10.1. The number of nitrogens with one attached hydrogen (secondary N) is 3. The van der Waals surface area contributed by atoms with E-state index in [2.05, 4.69) is 22.2 Å². The summed E-state index contributed by atoms with van der Waals surface area (Å²) in [6, 6.07) is 12.4. The van der Waals surface area contributed by atoms with Crippen LogP contribution in [0.4, 0.5) is 4.39 Å². The van der Waals surface area contributed by atoms with Crippen LogP contribution in [0.1, 0.15) is 24.1 Å². The number of aromatic nitrogens is 2. The summed E-state index contributed by atoms with van der Waals surface area (Å²) in [7, 11) is 0. The van der Waals surface area contributed by atoms with Gasteiger partial charge in [0, 0.05) is 12.6 Å². The minimum atomic E-state index is -0.228. The van der Waals surface area contributed by atoms with Crippen LogP contribution in [0.2, 0.25) is 0 Å². The molecule has 0 bridgehead atoms. The van der Waals surface area contributed by atoms with Crippen LogP contribution in [0, 0.1) is 5.82 Å². The Morgan fingerprint density at radius 2 is 1.81 bits per heavy atom. The molecule has 0 aliphatic carbocycles. The second kappa shape index (κ2) is 5.54. The average Bonchev–Trinajstić information content (AvgIpc) is 2.85. The quantitative estimate of drug-likeness (QED) is 0.690. The Labute approximate surface area is 121 Å². The van der Waals surface area contributed by atoms with Gasteiger partial charge in [-0.1, -0.05) is 18.2 Å². The highest BCUT2D eigenvalue weighted by atomic mass is 19.1. The van der Waals surface area contributed by atoms with E-state index in [1.165, 1.54) is 12.1 Å². The Bertz CT molecular complexity index is 804. The largest absolute Gasteiger partial charge is 0.323 e. The molecule has 0 saturated carbocycles. The third kappa shape index (κ3) is 3.03. The minimum Gasteiger partial charge on any atom is -0.306 e. The maximum Gasteiger partial charge on any atom is 0.323 e. The topological polar surface area (TPSA) is 60.7 Å². The van der Waals surface area contributed by atoms with Crippen molar-refractivity contribution in [3.05, 3.63) is 69.9 Å². The molecule has 5 heteroatoms. The molecule has 21 heavy (non-hydrogen) atoms. The molecular formula is C16H16FN3O. The predicted octanol–water partition coefficient (Wildman–Crippen LogP) is 2.85. The Balaban J connectivity index is 1.72. The number of benzene rings is 2. The summed E-state index contributed by atoms with van der Waals surface area (Å²) in [4.78, 5) is 16.7. The molecule has 4 nitrogen and oxygen atoms in total. The zero-order valence-corrected chi connectivity index (χ0v) is 11.6. The SMILES string of the molecule is C[C@@H](NCc1ccc(F)cc1)c1ccc2[nH]c(=O)[nH]c2c1. The van der Waals surface area contributed by atoms with E-state index in [4.69, 9.17) is 0 Å². The van der Waals surface area contributed by atoms with E-state index in [0.717, 1.165) is 22.2 Å². The smallest absolute Gasteiger partial charge is 0.306 e. The van der Waals surface area contributed by atoms with E-state index >= 15 is 0 Å². The molecule has 0 aliphatic rings. The first-order chi connectivity index (χ1) is 10.1. The van der Waals surface area contributed by atoms with Crippen molar-refractivity contribution in [3.63, 3.8) is 0 Å². The molecule has 1 heterocycles. The van der Waals surface area contributed by atoms with Crippen LogP contribution >= 0.6 is 0 Å². The maximum atomic E-state index is 12.8. The van der Waals surface area contributed by atoms with Crippen LogP contribution in [0.15, 0.2) is 47.3 Å². The molecule has 108 valence electrons. The predicted molar refractivity (Wildman–Crippen MR) is 80.6 cm³/mol. The summed E-state index contributed by atoms with van der Waals surface area (Å²) in [6.07, 6.45) is 0. The molecule has 2 aromatic carbocycles. The van der Waals surface area contributed by atoms with E-state index in [1.807, 2.05) is 18.2 Å². The first-order valence-corrected chi connectivity index (χ1v) is 6.81. The lowest BCUT2D eigenvalue weighted by Gasteiger charge is -2.14. The van der Waals surface area contributed by atoms with Crippen molar-refractivity contribution < 1.29 is 4.39 Å². The molecular weight excluding hydrogens is 269 g/mol. The fraction of sp³-hybridized carbons (Fsp3) is 0.188. The van der Waals surface area contributed by atoms with Gasteiger partial charge >= 0.3 is 5.69 Å². The van der Waals surface area contributed by atoms with Crippen LogP contribution in [0.25, 0.3) is 11.0 Å². The summed E-state index contributed by atoms with van der Waals surface area (Å²) in [5.41, 5.74) is 3.51. The number of imidazole rings is 1. The monoisotopic (exact) mass is 285 g/mol. The summed E-state index contributed by atoms with van der Waals surface area (Å²) < 4.78 is 12.8. The van der Waals surface area contributed by atoms with Crippen molar-refractivity contribution in [3.8, 4) is 0 Å². The molecule has 0 amide bonds. The van der Waals surface area contributed by atoms with E-state index in [9.17, 15) is 9.18 Å². The molecule has 3 aromatic rings. The molecule has 1 aromatic heterocycles. The van der Waals surface area contributed by atoms with Gasteiger partial charge in [-0.2, -0.15) is 0 Å². The Hall–Kier alpha value is -2.40. The van der Waals surface area contributed by atoms with Crippen LogP contribution in [-0.4, -0.2) is 9.97 Å². The molecule has 0 fully saturated rings. The zero-order valence-electron chi connectivity index (χ0n) is 11.6. The lowest BCUT2D eigenvalue weighted by Crippen LogP contribution is -2.18. The maximum absolute atomic E-state index is 12.8. The van der Waals surface area contributed by atoms with Crippen molar-refractivity contribution in [1.82, 2.24) is 15.3 Å². The molecule has 0 aliphatic heterocycles. The van der Waals surface area contributed by atoms with Gasteiger partial charge in [-0.3, -0.25) is 0 Å². The van der Waals surface area contributed by atoms with E-state index in [-0.39, 0.29) is 17.5 Å². The van der Waals surface area contributed by atoms with E-state index in [1.54, 1.807) is 12.1 Å². The molecule has 0 radical (unpaired) electrons.